The van der Waals surface area contributed by atoms with E-state index in [1.807, 2.05) is 13.2 Å². The summed E-state index contributed by atoms with van der Waals surface area (Å²) in [5, 5.41) is 24.4. The molecule has 1 aliphatic rings. The van der Waals surface area contributed by atoms with Gasteiger partial charge in [0.15, 0.2) is 0 Å². The van der Waals surface area contributed by atoms with Gasteiger partial charge in [-0.1, -0.05) is 25.5 Å². The monoisotopic (exact) mass is 319 g/mol. The van der Waals surface area contributed by atoms with Gasteiger partial charge < -0.3 is 10.7 Å². The molecule has 24 heavy (non-hydrogen) atoms. The predicted molar refractivity (Wildman–Crippen MR) is 98.5 cm³/mol. The summed E-state index contributed by atoms with van der Waals surface area (Å²) in [6.07, 6.45) is 9.19. The molecule has 0 bridgehead atoms. The summed E-state index contributed by atoms with van der Waals surface area (Å²) in [6, 6.07) is 4.26. The fourth-order valence-electron chi connectivity index (χ4n) is 3.59. The number of rotatable bonds is 4. The van der Waals surface area contributed by atoms with Gasteiger partial charge in [0.25, 0.3) is 6.71 Å². The largest absolute Gasteiger partial charge is 0.352 e. The molecule has 1 aromatic carbocycles. The van der Waals surface area contributed by atoms with Crippen molar-refractivity contribution >= 4 is 24.3 Å². The van der Waals surface area contributed by atoms with Gasteiger partial charge in [0.1, 0.15) is 0 Å². The molecule has 0 radical (unpaired) electrons. The highest BCUT2D eigenvalue weighted by atomic mass is 15.3. The highest BCUT2D eigenvalue weighted by molar-refractivity contribution is 6.67. The smallest absolute Gasteiger partial charge is 0.267 e. The molecule has 0 unspecified atom stereocenters. The molecule has 2 aromatic rings. The molecular weight excluding hydrogens is 297 g/mol. The molecule has 0 atom stereocenters. The summed E-state index contributed by atoms with van der Waals surface area (Å²) in [7, 11) is 1.89. The van der Waals surface area contributed by atoms with E-state index in [0.29, 0.717) is 5.92 Å². The minimum Gasteiger partial charge on any atom is -0.352 e. The van der Waals surface area contributed by atoms with Crippen molar-refractivity contribution in [3.63, 3.8) is 0 Å². The highest BCUT2D eigenvalue weighted by Gasteiger charge is 2.26. The Morgan fingerprint density at radius 3 is 2.75 bits per heavy atom. The zero-order valence-electron chi connectivity index (χ0n) is 14.2. The average Bonchev–Trinajstić information content (AvgIpc) is 3.01. The number of hydrogen-bond acceptors (Lipinski definition) is 4. The van der Waals surface area contributed by atoms with E-state index in [4.69, 9.17) is 10.7 Å². The van der Waals surface area contributed by atoms with Crippen LogP contribution >= 0.6 is 0 Å². The molecule has 2 N–H and O–H groups in total. The Hall–Kier alpha value is -2.55. The Bertz CT molecular complexity index is 781. The first-order chi connectivity index (χ1) is 11.6. The summed E-state index contributed by atoms with van der Waals surface area (Å²) in [5.74, 6) is 2.91. The lowest BCUT2D eigenvalue weighted by atomic mass is 9.41. The number of nitrogens with zero attached hydrogens (tertiary/aromatic N) is 3. The van der Waals surface area contributed by atoms with Crippen molar-refractivity contribution in [3.8, 4) is 5.97 Å². The summed E-state index contributed by atoms with van der Waals surface area (Å²) in [6.45, 7) is 2.34. The maximum absolute atomic E-state index is 9.09. The van der Waals surface area contributed by atoms with Crippen LogP contribution in [0.2, 0.25) is 12.6 Å². The number of aromatic nitrogens is 2. The second-order valence-corrected chi connectivity index (χ2v) is 6.65. The van der Waals surface area contributed by atoms with Gasteiger partial charge in [0.05, 0.1) is 11.9 Å². The summed E-state index contributed by atoms with van der Waals surface area (Å²) < 4.78 is 1.75. The number of nitriles is 1. The van der Waals surface area contributed by atoms with Crippen molar-refractivity contribution in [1.82, 2.24) is 9.78 Å². The third kappa shape index (κ3) is 3.35. The molecule has 1 aromatic heterocycles. The van der Waals surface area contributed by atoms with Crippen LogP contribution in [0.3, 0.4) is 0 Å². The fourth-order valence-corrected chi connectivity index (χ4v) is 3.59. The molecule has 2 heterocycles. The summed E-state index contributed by atoms with van der Waals surface area (Å²) in [5.41, 5.74) is 5.31. The van der Waals surface area contributed by atoms with Crippen LogP contribution in [0.5, 0.6) is 0 Å². The Morgan fingerprint density at radius 1 is 1.42 bits per heavy atom. The van der Waals surface area contributed by atoms with Crippen molar-refractivity contribution in [1.29, 1.82) is 10.7 Å². The maximum Gasteiger partial charge on any atom is 0.267 e. The van der Waals surface area contributed by atoms with Crippen LogP contribution < -0.4 is 5.32 Å². The van der Waals surface area contributed by atoms with Crippen LogP contribution in [-0.2, 0) is 7.05 Å². The third-order valence-corrected chi connectivity index (χ3v) is 4.93. The molecule has 0 aliphatic carbocycles. The number of aryl methyl sites for hydroxylation is 2. The lowest BCUT2D eigenvalue weighted by molar-refractivity contribution is 0.608. The van der Waals surface area contributed by atoms with Crippen LogP contribution in [-0.4, -0.2) is 22.7 Å². The third-order valence-electron chi connectivity index (χ3n) is 4.93. The standard InChI is InChI=1S/C18H22BN5/c1-13-7-15(9-20)18(23-16-10-22-24(2)11-16)8-17(13)14-3-5-19(12-21)6-4-14/h7-11,14,20,23H,3-6H2,1-2H3. The molecule has 0 spiro atoms. The number of benzene rings is 1. The maximum atomic E-state index is 9.09. The van der Waals surface area contributed by atoms with Crippen LogP contribution in [0, 0.1) is 23.6 Å². The first kappa shape index (κ1) is 16.3. The molecular formula is C18H22BN5. The first-order valence-electron chi connectivity index (χ1n) is 8.41. The lowest BCUT2D eigenvalue weighted by Gasteiger charge is -2.26. The molecule has 3 rings (SSSR count). The van der Waals surface area contributed by atoms with Crippen molar-refractivity contribution in [2.75, 3.05) is 5.32 Å². The van der Waals surface area contributed by atoms with Crippen LogP contribution in [0.1, 0.15) is 35.4 Å². The van der Waals surface area contributed by atoms with Gasteiger partial charge in [-0.25, -0.2) is 5.26 Å². The second kappa shape index (κ2) is 6.92. The van der Waals surface area contributed by atoms with Crippen LogP contribution in [0.15, 0.2) is 24.5 Å². The van der Waals surface area contributed by atoms with Gasteiger partial charge in [-0.2, -0.15) is 5.10 Å². The van der Waals surface area contributed by atoms with E-state index in [9.17, 15) is 0 Å². The van der Waals surface area contributed by atoms with E-state index in [1.54, 1.807) is 10.9 Å². The number of nitrogens with one attached hydrogen (secondary N) is 2. The van der Waals surface area contributed by atoms with Gasteiger partial charge in [0, 0.05) is 36.7 Å². The van der Waals surface area contributed by atoms with Crippen molar-refractivity contribution in [2.45, 2.75) is 38.3 Å². The van der Waals surface area contributed by atoms with E-state index >= 15 is 0 Å². The SMILES string of the molecule is Cc1cc(C=N)c(Nc2cnn(C)c2)cc1C1CCB(C#N)CC1. The Kier molecular flexibility index (Phi) is 4.70. The molecule has 5 nitrogen and oxygen atoms in total. The first-order valence-corrected chi connectivity index (χ1v) is 8.41. The van der Waals surface area contributed by atoms with Crippen LogP contribution in [0.25, 0.3) is 0 Å². The van der Waals surface area contributed by atoms with Crippen molar-refractivity contribution in [3.05, 3.63) is 41.2 Å². The van der Waals surface area contributed by atoms with Crippen molar-refractivity contribution < 1.29 is 0 Å². The minimum absolute atomic E-state index is 0.218. The molecule has 1 aliphatic heterocycles. The Balaban J connectivity index is 1.89. The molecule has 0 amide bonds. The Morgan fingerprint density at radius 2 is 2.17 bits per heavy atom. The highest BCUT2D eigenvalue weighted by Crippen LogP contribution is 2.37. The zero-order valence-corrected chi connectivity index (χ0v) is 14.2. The van der Waals surface area contributed by atoms with E-state index in [-0.39, 0.29) is 6.71 Å². The van der Waals surface area contributed by atoms with Gasteiger partial charge in [-0.3, -0.25) is 4.68 Å². The van der Waals surface area contributed by atoms with Gasteiger partial charge in [-0.15, -0.1) is 0 Å². The quantitative estimate of drug-likeness (QED) is 0.662. The average molecular weight is 319 g/mol. The predicted octanol–water partition coefficient (Wildman–Crippen LogP) is 3.90. The summed E-state index contributed by atoms with van der Waals surface area (Å²) in [4.78, 5) is 0. The Labute approximate surface area is 143 Å². The van der Waals surface area contributed by atoms with E-state index in [0.717, 1.165) is 42.4 Å². The minimum atomic E-state index is 0.218. The van der Waals surface area contributed by atoms with Gasteiger partial charge >= 0.3 is 0 Å². The fraction of sp³-hybridized carbons (Fsp3) is 0.389. The van der Waals surface area contributed by atoms with Crippen LogP contribution in [0.4, 0.5) is 11.4 Å². The topological polar surface area (TPSA) is 77.5 Å². The molecule has 1 saturated heterocycles. The van der Waals surface area contributed by atoms with E-state index < -0.39 is 0 Å². The molecule has 1 fully saturated rings. The summed E-state index contributed by atoms with van der Waals surface area (Å²) >= 11 is 0. The number of hydrogen-bond donors (Lipinski definition) is 2. The van der Waals surface area contributed by atoms with Gasteiger partial charge in [-0.05, 0) is 36.1 Å². The van der Waals surface area contributed by atoms with E-state index in [1.165, 1.54) is 17.3 Å². The molecule has 0 saturated carbocycles. The lowest BCUT2D eigenvalue weighted by Crippen LogP contribution is -2.19. The normalized spacial score (nSPS) is 15.1. The second-order valence-electron chi connectivity index (χ2n) is 6.65. The van der Waals surface area contributed by atoms with Crippen molar-refractivity contribution in [2.24, 2.45) is 7.05 Å². The number of anilines is 2. The zero-order chi connectivity index (χ0) is 17.1. The molecule has 6 heteroatoms. The molecule has 122 valence electrons. The van der Waals surface area contributed by atoms with Gasteiger partial charge in [0.2, 0.25) is 0 Å². The van der Waals surface area contributed by atoms with E-state index in [2.05, 4.69) is 35.4 Å².